The number of carboxylic acid groups (broad SMARTS) is 1. The molecule has 0 saturated heterocycles. The van der Waals surface area contributed by atoms with Crippen molar-refractivity contribution >= 4 is 17.6 Å². The van der Waals surface area contributed by atoms with Crippen molar-refractivity contribution in [1.82, 2.24) is 0 Å². The molecule has 1 saturated carbocycles. The van der Waals surface area contributed by atoms with Gasteiger partial charge in [-0.2, -0.15) is 0 Å². The van der Waals surface area contributed by atoms with E-state index in [2.05, 4.69) is 0 Å². The van der Waals surface area contributed by atoms with E-state index < -0.39 is 11.9 Å². The number of rotatable bonds is 3. The Morgan fingerprint density at radius 1 is 1.35 bits per heavy atom. The van der Waals surface area contributed by atoms with Crippen LogP contribution in [-0.2, 0) is 4.79 Å². The van der Waals surface area contributed by atoms with Gasteiger partial charge in [-0.15, -0.1) is 0 Å². The zero-order valence-corrected chi connectivity index (χ0v) is 11.7. The van der Waals surface area contributed by atoms with Crippen LogP contribution in [0.2, 0.25) is 5.02 Å². The van der Waals surface area contributed by atoms with Crippen LogP contribution >= 0.6 is 11.6 Å². The molecule has 1 fully saturated rings. The monoisotopic (exact) mass is 297 g/mol. The van der Waals surface area contributed by atoms with E-state index in [4.69, 9.17) is 26.8 Å². The maximum atomic E-state index is 11.2. The van der Waals surface area contributed by atoms with Gasteiger partial charge in [0.1, 0.15) is 0 Å². The van der Waals surface area contributed by atoms with Crippen LogP contribution in [0.25, 0.3) is 0 Å². The number of fused-ring (bicyclic) bond motifs is 1. The van der Waals surface area contributed by atoms with Gasteiger partial charge in [-0.05, 0) is 24.5 Å². The molecule has 0 aromatic heterocycles. The smallest absolute Gasteiger partial charge is 0.312 e. The van der Waals surface area contributed by atoms with E-state index >= 15 is 0 Å². The first kappa shape index (κ1) is 13.5. The van der Waals surface area contributed by atoms with Gasteiger partial charge in [0, 0.05) is 23.0 Å². The van der Waals surface area contributed by atoms with Crippen LogP contribution < -0.4 is 15.2 Å². The molecule has 2 aliphatic rings. The summed E-state index contributed by atoms with van der Waals surface area (Å²) in [5.41, 5.74) is 6.12. The second kappa shape index (κ2) is 4.82. The molecule has 3 rings (SSSR count). The minimum Gasteiger partial charge on any atom is -0.489 e. The van der Waals surface area contributed by atoms with Crippen LogP contribution in [0, 0.1) is 5.41 Å². The Hall–Kier alpha value is -1.46. The first-order valence-corrected chi connectivity index (χ1v) is 6.94. The molecule has 1 atom stereocenters. The third-order valence-electron chi connectivity index (χ3n) is 4.00. The predicted molar refractivity (Wildman–Crippen MR) is 73.5 cm³/mol. The van der Waals surface area contributed by atoms with E-state index in [1.165, 1.54) is 0 Å². The molecule has 1 unspecified atom stereocenters. The molecular formula is C14H16ClNO4. The molecule has 3 N–H and O–H groups in total. The molecule has 1 aliphatic carbocycles. The molecule has 20 heavy (non-hydrogen) atoms. The standard InChI is InChI=1S/C14H16ClNO4/c15-10-4-12-11(3-8(10)9(5-16)13(17)18)19-6-14(1-2-14)7-20-12/h3-4,9H,1-2,5-7,16H2,(H,17,18). The molecule has 0 bridgehead atoms. The van der Waals surface area contributed by atoms with Gasteiger partial charge in [0.15, 0.2) is 11.5 Å². The number of carbonyl (C=O) groups is 1. The molecule has 108 valence electrons. The Kier molecular flexibility index (Phi) is 3.26. The van der Waals surface area contributed by atoms with Gasteiger partial charge in [0.05, 0.1) is 19.1 Å². The van der Waals surface area contributed by atoms with Crippen LogP contribution in [0.5, 0.6) is 11.5 Å². The van der Waals surface area contributed by atoms with E-state index in [0.717, 1.165) is 12.8 Å². The second-order valence-electron chi connectivity index (χ2n) is 5.52. The number of ether oxygens (including phenoxy) is 2. The Morgan fingerprint density at radius 2 is 1.95 bits per heavy atom. The Labute approximate surface area is 121 Å². The molecule has 1 aromatic carbocycles. The quantitative estimate of drug-likeness (QED) is 0.892. The Bertz CT molecular complexity index is 556. The van der Waals surface area contributed by atoms with Crippen molar-refractivity contribution < 1.29 is 19.4 Å². The third kappa shape index (κ3) is 2.31. The zero-order chi connectivity index (χ0) is 14.3. The summed E-state index contributed by atoms with van der Waals surface area (Å²) in [6.07, 6.45) is 2.20. The lowest BCUT2D eigenvalue weighted by atomic mass is 9.99. The highest BCUT2D eigenvalue weighted by molar-refractivity contribution is 6.31. The number of benzene rings is 1. The summed E-state index contributed by atoms with van der Waals surface area (Å²) >= 11 is 6.16. The lowest BCUT2D eigenvalue weighted by Crippen LogP contribution is -2.21. The summed E-state index contributed by atoms with van der Waals surface area (Å²) < 4.78 is 11.5. The molecule has 1 aliphatic heterocycles. The maximum Gasteiger partial charge on any atom is 0.312 e. The largest absolute Gasteiger partial charge is 0.489 e. The number of halogens is 1. The fraction of sp³-hybridized carbons (Fsp3) is 0.500. The lowest BCUT2D eigenvalue weighted by molar-refractivity contribution is -0.138. The van der Waals surface area contributed by atoms with E-state index in [-0.39, 0.29) is 12.0 Å². The molecule has 1 aromatic rings. The van der Waals surface area contributed by atoms with Gasteiger partial charge >= 0.3 is 5.97 Å². The summed E-state index contributed by atoms with van der Waals surface area (Å²) in [5, 5.41) is 9.54. The molecule has 0 amide bonds. The highest BCUT2D eigenvalue weighted by Crippen LogP contribution is 2.49. The molecule has 5 nitrogen and oxygen atoms in total. The van der Waals surface area contributed by atoms with Gasteiger partial charge in [-0.1, -0.05) is 11.6 Å². The van der Waals surface area contributed by atoms with Gasteiger partial charge in [0.25, 0.3) is 0 Å². The fourth-order valence-corrected chi connectivity index (χ4v) is 2.66. The SMILES string of the molecule is NCC(C(=O)O)c1cc2c(cc1Cl)OCC1(CC1)CO2. The molecule has 1 heterocycles. The molecule has 6 heteroatoms. The number of carboxylic acids is 1. The third-order valence-corrected chi connectivity index (χ3v) is 4.32. The average molecular weight is 298 g/mol. The normalized spacial score (nSPS) is 20.3. The lowest BCUT2D eigenvalue weighted by Gasteiger charge is -2.15. The van der Waals surface area contributed by atoms with Crippen molar-refractivity contribution in [3.63, 3.8) is 0 Å². The van der Waals surface area contributed by atoms with Crippen molar-refractivity contribution in [3.8, 4) is 11.5 Å². The van der Waals surface area contributed by atoms with Crippen LogP contribution in [0.15, 0.2) is 12.1 Å². The summed E-state index contributed by atoms with van der Waals surface area (Å²) in [5.74, 6) is -0.714. The van der Waals surface area contributed by atoms with Gasteiger partial charge in [0.2, 0.25) is 0 Å². The first-order valence-electron chi connectivity index (χ1n) is 6.57. The van der Waals surface area contributed by atoms with Crippen molar-refractivity contribution in [3.05, 3.63) is 22.7 Å². The highest BCUT2D eigenvalue weighted by atomic mass is 35.5. The summed E-state index contributed by atoms with van der Waals surface area (Å²) in [4.78, 5) is 11.2. The van der Waals surface area contributed by atoms with Crippen LogP contribution in [0.1, 0.15) is 24.3 Å². The number of nitrogens with two attached hydrogens (primary N) is 1. The van der Waals surface area contributed by atoms with E-state index in [1.807, 2.05) is 0 Å². The molecule has 0 radical (unpaired) electrons. The highest BCUT2D eigenvalue weighted by Gasteiger charge is 2.46. The minimum absolute atomic E-state index is 0.0152. The number of hydrogen-bond donors (Lipinski definition) is 2. The topological polar surface area (TPSA) is 81.8 Å². The number of hydrogen-bond acceptors (Lipinski definition) is 4. The summed E-state index contributed by atoms with van der Waals surface area (Å²) in [6.45, 7) is 1.20. The minimum atomic E-state index is -0.998. The Morgan fingerprint density at radius 3 is 2.45 bits per heavy atom. The predicted octanol–water partition coefficient (Wildman–Crippen LogP) is 2.02. The average Bonchev–Trinajstić information content (AvgIpc) is 3.19. The fourth-order valence-electron chi connectivity index (χ4n) is 2.37. The van der Waals surface area contributed by atoms with Crippen LogP contribution in [0.3, 0.4) is 0 Å². The molecular weight excluding hydrogens is 282 g/mol. The van der Waals surface area contributed by atoms with E-state index in [0.29, 0.717) is 35.3 Å². The van der Waals surface area contributed by atoms with Crippen molar-refractivity contribution in [1.29, 1.82) is 0 Å². The first-order chi connectivity index (χ1) is 9.54. The van der Waals surface area contributed by atoms with Crippen LogP contribution in [0.4, 0.5) is 0 Å². The summed E-state index contributed by atoms with van der Waals surface area (Å²) in [7, 11) is 0. The zero-order valence-electron chi connectivity index (χ0n) is 10.9. The van der Waals surface area contributed by atoms with Crippen molar-refractivity contribution in [2.24, 2.45) is 11.1 Å². The summed E-state index contributed by atoms with van der Waals surface area (Å²) in [6, 6.07) is 3.27. The number of aliphatic carboxylic acids is 1. The van der Waals surface area contributed by atoms with Gasteiger partial charge in [-0.3, -0.25) is 4.79 Å². The van der Waals surface area contributed by atoms with Crippen molar-refractivity contribution in [2.45, 2.75) is 18.8 Å². The Balaban J connectivity index is 1.95. The van der Waals surface area contributed by atoms with Crippen molar-refractivity contribution in [2.75, 3.05) is 19.8 Å². The van der Waals surface area contributed by atoms with Gasteiger partial charge < -0.3 is 20.3 Å². The van der Waals surface area contributed by atoms with Crippen LogP contribution in [-0.4, -0.2) is 30.8 Å². The van der Waals surface area contributed by atoms with E-state index in [1.54, 1.807) is 12.1 Å². The van der Waals surface area contributed by atoms with Gasteiger partial charge in [-0.25, -0.2) is 0 Å². The van der Waals surface area contributed by atoms with E-state index in [9.17, 15) is 9.90 Å². The maximum absolute atomic E-state index is 11.2. The molecule has 1 spiro atoms. The second-order valence-corrected chi connectivity index (χ2v) is 5.93.